The predicted octanol–water partition coefficient (Wildman–Crippen LogP) is 3.28. The molecule has 0 fully saturated rings. The Morgan fingerprint density at radius 2 is 2.08 bits per heavy atom. The fraction of sp³-hybridized carbons (Fsp3) is 0.235. The second-order valence-corrected chi connectivity index (χ2v) is 5.72. The van der Waals surface area contributed by atoms with Gasteiger partial charge >= 0.3 is 6.03 Å². The lowest BCUT2D eigenvalue weighted by atomic mass is 10.2. The minimum absolute atomic E-state index is 0.0498. The van der Waals surface area contributed by atoms with Gasteiger partial charge in [-0.15, -0.1) is 0 Å². The maximum Gasteiger partial charge on any atom is 0.322 e. The van der Waals surface area contributed by atoms with Crippen molar-refractivity contribution in [2.75, 3.05) is 25.6 Å². The van der Waals surface area contributed by atoms with Gasteiger partial charge < -0.3 is 20.1 Å². The highest BCUT2D eigenvalue weighted by Crippen LogP contribution is 2.27. The average Bonchev–Trinajstić information content (AvgIpc) is 2.63. The van der Waals surface area contributed by atoms with E-state index in [0.717, 1.165) is 11.6 Å². The van der Waals surface area contributed by atoms with Crippen molar-refractivity contribution < 1.29 is 19.6 Å². The number of ether oxygens (including phenoxy) is 1. The van der Waals surface area contributed by atoms with Crippen LogP contribution in [-0.4, -0.2) is 41.2 Å². The first kappa shape index (κ1) is 19.5. The number of carbonyl (C=O) groups is 1. The topological polar surface area (TPSA) is 105 Å². The Kier molecular flexibility index (Phi) is 6.76. The van der Waals surface area contributed by atoms with Gasteiger partial charge in [0.05, 0.1) is 35.9 Å². The summed E-state index contributed by atoms with van der Waals surface area (Å²) in [4.78, 5) is 24.1. The maximum atomic E-state index is 12.5. The highest BCUT2D eigenvalue weighted by atomic mass is 35.5. The molecule has 9 heteroatoms. The van der Waals surface area contributed by atoms with E-state index in [-0.39, 0.29) is 36.1 Å². The summed E-state index contributed by atoms with van der Waals surface area (Å²) in [5.41, 5.74) is 0.841. The lowest BCUT2D eigenvalue weighted by Gasteiger charge is -2.23. The van der Waals surface area contributed by atoms with E-state index in [1.165, 1.54) is 24.1 Å². The average molecular weight is 380 g/mol. The summed E-state index contributed by atoms with van der Waals surface area (Å²) in [5, 5.41) is 22.7. The lowest BCUT2D eigenvalue weighted by Crippen LogP contribution is -2.36. The Labute approximate surface area is 155 Å². The number of halogens is 1. The molecule has 0 aromatic heterocycles. The third kappa shape index (κ3) is 4.84. The summed E-state index contributed by atoms with van der Waals surface area (Å²) in [6.07, 6.45) is 0. The summed E-state index contributed by atoms with van der Waals surface area (Å²) in [5.74, 6) is 0.622. The third-order valence-corrected chi connectivity index (χ3v) is 3.93. The molecule has 0 saturated carbocycles. The van der Waals surface area contributed by atoms with Crippen LogP contribution in [0, 0.1) is 10.1 Å². The maximum absolute atomic E-state index is 12.5. The molecule has 138 valence electrons. The third-order valence-electron chi connectivity index (χ3n) is 3.62. The predicted molar refractivity (Wildman–Crippen MR) is 97.6 cm³/mol. The number of para-hydroxylation sites is 1. The molecular weight excluding hydrogens is 362 g/mol. The Morgan fingerprint density at radius 1 is 1.35 bits per heavy atom. The Balaban J connectivity index is 2.17. The van der Waals surface area contributed by atoms with Gasteiger partial charge in [0.2, 0.25) is 0 Å². The van der Waals surface area contributed by atoms with E-state index >= 15 is 0 Å². The number of aliphatic hydroxyl groups excluding tert-OH is 1. The van der Waals surface area contributed by atoms with Gasteiger partial charge in [-0.2, -0.15) is 0 Å². The number of rotatable bonds is 7. The molecule has 2 aromatic rings. The van der Waals surface area contributed by atoms with Crippen molar-refractivity contribution >= 4 is 29.0 Å². The van der Waals surface area contributed by atoms with Gasteiger partial charge in [0.15, 0.2) is 0 Å². The molecule has 2 amide bonds. The summed E-state index contributed by atoms with van der Waals surface area (Å²) in [6.45, 7) is 0.0754. The van der Waals surface area contributed by atoms with Crippen LogP contribution >= 0.6 is 11.6 Å². The molecule has 0 spiro atoms. The normalized spacial score (nSPS) is 10.3. The Bertz CT molecular complexity index is 800. The number of hydrogen-bond acceptors (Lipinski definition) is 5. The molecule has 0 heterocycles. The van der Waals surface area contributed by atoms with Crippen molar-refractivity contribution in [2.45, 2.75) is 6.54 Å². The van der Waals surface area contributed by atoms with Crippen LogP contribution < -0.4 is 10.1 Å². The van der Waals surface area contributed by atoms with Gasteiger partial charge in [-0.25, -0.2) is 4.79 Å². The Morgan fingerprint density at radius 3 is 2.69 bits per heavy atom. The fourth-order valence-electron chi connectivity index (χ4n) is 2.33. The van der Waals surface area contributed by atoms with Crippen molar-refractivity contribution in [1.29, 1.82) is 0 Å². The monoisotopic (exact) mass is 379 g/mol. The van der Waals surface area contributed by atoms with Gasteiger partial charge in [0.1, 0.15) is 5.75 Å². The SMILES string of the molecule is COc1ccccc1CN(CCO)C(=O)Nc1ccc([N+](=O)[O-])cc1Cl. The number of nitro benzene ring substituents is 1. The van der Waals surface area contributed by atoms with E-state index in [0.29, 0.717) is 5.75 Å². The number of aliphatic hydroxyl groups is 1. The van der Waals surface area contributed by atoms with Crippen LogP contribution in [0.15, 0.2) is 42.5 Å². The van der Waals surface area contributed by atoms with E-state index in [9.17, 15) is 20.0 Å². The van der Waals surface area contributed by atoms with E-state index in [4.69, 9.17) is 16.3 Å². The fourth-order valence-corrected chi connectivity index (χ4v) is 2.55. The van der Waals surface area contributed by atoms with Crippen LogP contribution in [0.1, 0.15) is 5.56 Å². The summed E-state index contributed by atoms with van der Waals surface area (Å²) >= 11 is 6.00. The quantitative estimate of drug-likeness (QED) is 0.567. The molecule has 2 aromatic carbocycles. The second kappa shape index (κ2) is 9.02. The van der Waals surface area contributed by atoms with E-state index in [1.807, 2.05) is 18.2 Å². The molecule has 0 radical (unpaired) electrons. The van der Waals surface area contributed by atoms with Gasteiger partial charge in [-0.1, -0.05) is 29.8 Å². The number of anilines is 1. The number of nitrogens with zero attached hydrogens (tertiary/aromatic N) is 2. The number of nitro groups is 1. The molecule has 0 bridgehead atoms. The smallest absolute Gasteiger partial charge is 0.322 e. The number of methoxy groups -OCH3 is 1. The second-order valence-electron chi connectivity index (χ2n) is 5.31. The molecule has 2 rings (SSSR count). The number of carbonyl (C=O) groups excluding carboxylic acids is 1. The molecular formula is C17H18ClN3O5. The van der Waals surface area contributed by atoms with Crippen LogP contribution in [0.4, 0.5) is 16.2 Å². The van der Waals surface area contributed by atoms with Crippen molar-refractivity contribution in [3.05, 3.63) is 63.2 Å². The molecule has 0 atom stereocenters. The Hall–Kier alpha value is -2.84. The first-order valence-electron chi connectivity index (χ1n) is 7.69. The number of amides is 2. The van der Waals surface area contributed by atoms with Crippen LogP contribution in [0.2, 0.25) is 5.02 Å². The molecule has 26 heavy (non-hydrogen) atoms. The van der Waals surface area contributed by atoms with Gasteiger partial charge in [0.25, 0.3) is 5.69 Å². The largest absolute Gasteiger partial charge is 0.496 e. The molecule has 0 aliphatic carbocycles. The molecule has 0 unspecified atom stereocenters. The first-order chi connectivity index (χ1) is 12.5. The zero-order valence-electron chi connectivity index (χ0n) is 14.0. The van der Waals surface area contributed by atoms with Gasteiger partial charge in [-0.3, -0.25) is 10.1 Å². The molecule has 0 aliphatic rings. The highest BCUT2D eigenvalue weighted by Gasteiger charge is 2.18. The summed E-state index contributed by atoms with van der Waals surface area (Å²) < 4.78 is 5.27. The minimum Gasteiger partial charge on any atom is -0.496 e. The molecule has 8 nitrogen and oxygen atoms in total. The lowest BCUT2D eigenvalue weighted by molar-refractivity contribution is -0.384. The standard InChI is InChI=1S/C17H18ClN3O5/c1-26-16-5-3-2-4-12(16)11-20(8-9-22)17(23)19-15-7-6-13(21(24)25)10-14(15)18/h2-7,10,22H,8-9,11H2,1H3,(H,19,23). The number of hydrogen-bond donors (Lipinski definition) is 2. The zero-order valence-corrected chi connectivity index (χ0v) is 14.8. The number of benzene rings is 2. The van der Waals surface area contributed by atoms with Gasteiger partial charge in [-0.05, 0) is 12.1 Å². The van der Waals surface area contributed by atoms with Crippen LogP contribution in [0.3, 0.4) is 0 Å². The van der Waals surface area contributed by atoms with Gasteiger partial charge in [0, 0.05) is 24.2 Å². The summed E-state index contributed by atoms with van der Waals surface area (Å²) in [6, 6.07) is 10.5. The number of nitrogens with one attached hydrogen (secondary N) is 1. The van der Waals surface area contributed by atoms with E-state index in [2.05, 4.69) is 5.32 Å². The molecule has 0 saturated heterocycles. The first-order valence-corrected chi connectivity index (χ1v) is 8.06. The summed E-state index contributed by atoms with van der Waals surface area (Å²) in [7, 11) is 1.53. The molecule has 0 aliphatic heterocycles. The number of non-ortho nitro benzene ring substituents is 1. The van der Waals surface area contributed by atoms with Crippen molar-refractivity contribution in [3.63, 3.8) is 0 Å². The van der Waals surface area contributed by atoms with E-state index in [1.54, 1.807) is 6.07 Å². The van der Waals surface area contributed by atoms with Crippen LogP contribution in [0.25, 0.3) is 0 Å². The van der Waals surface area contributed by atoms with Crippen LogP contribution in [-0.2, 0) is 6.54 Å². The zero-order chi connectivity index (χ0) is 19.1. The number of urea groups is 1. The van der Waals surface area contributed by atoms with Crippen LogP contribution in [0.5, 0.6) is 5.75 Å². The minimum atomic E-state index is -0.572. The van der Waals surface area contributed by atoms with E-state index < -0.39 is 11.0 Å². The molecule has 2 N–H and O–H groups in total. The van der Waals surface area contributed by atoms with Crippen molar-refractivity contribution in [2.24, 2.45) is 0 Å². The highest BCUT2D eigenvalue weighted by molar-refractivity contribution is 6.33. The van der Waals surface area contributed by atoms with Crippen molar-refractivity contribution in [1.82, 2.24) is 4.90 Å². The van der Waals surface area contributed by atoms with Crippen molar-refractivity contribution in [3.8, 4) is 5.75 Å².